The molecule has 0 amide bonds. The number of allylic oxidation sites excluding steroid dienone is 1. The van der Waals surface area contributed by atoms with Gasteiger partial charge in [-0.15, -0.1) is 11.3 Å². The topological polar surface area (TPSA) is 74.0 Å². The summed E-state index contributed by atoms with van der Waals surface area (Å²) in [5, 5.41) is 19.5. The van der Waals surface area contributed by atoms with Crippen molar-refractivity contribution in [1.82, 2.24) is 4.98 Å². The number of hydrogen-bond donors (Lipinski definition) is 1. The molecule has 1 saturated carbocycles. The van der Waals surface area contributed by atoms with Crippen molar-refractivity contribution in [2.24, 2.45) is 5.92 Å². The normalized spacial score (nSPS) is 14.5. The summed E-state index contributed by atoms with van der Waals surface area (Å²) in [4.78, 5) is 15.4. The minimum absolute atomic E-state index is 0.201. The molecule has 0 aliphatic heterocycles. The first-order valence-corrected chi connectivity index (χ1v) is 12.7. The van der Waals surface area contributed by atoms with E-state index in [1.54, 1.807) is 11.6 Å². The fourth-order valence-electron chi connectivity index (χ4n) is 4.60. The van der Waals surface area contributed by atoms with Gasteiger partial charge < -0.3 is 5.11 Å². The van der Waals surface area contributed by atoms with Crippen molar-refractivity contribution < 1.29 is 14.3 Å². The molecule has 3 aromatic carbocycles. The van der Waals surface area contributed by atoms with Crippen LogP contribution in [-0.4, -0.2) is 16.1 Å². The number of carbonyl (C=O) groups is 1. The molecule has 0 spiro atoms. The van der Waals surface area contributed by atoms with Crippen molar-refractivity contribution >= 4 is 56.3 Å². The number of aromatic nitrogens is 1. The lowest BCUT2D eigenvalue weighted by molar-refractivity contribution is -0.131. The Labute approximate surface area is 216 Å². The maximum Gasteiger partial charge on any atom is 0.328 e. The molecule has 1 N–H and O–H groups in total. The second kappa shape index (κ2) is 10.1. The van der Waals surface area contributed by atoms with Gasteiger partial charge in [-0.25, -0.2) is 14.2 Å². The maximum absolute atomic E-state index is 14.0. The van der Waals surface area contributed by atoms with Gasteiger partial charge in [0.2, 0.25) is 0 Å². The zero-order valence-corrected chi connectivity index (χ0v) is 20.6. The van der Waals surface area contributed by atoms with Crippen LogP contribution in [0.2, 0.25) is 5.02 Å². The predicted molar refractivity (Wildman–Crippen MR) is 142 cm³/mol. The van der Waals surface area contributed by atoms with Gasteiger partial charge in [-0.05, 0) is 70.9 Å². The molecule has 0 saturated heterocycles. The molecule has 0 radical (unpaired) electrons. The van der Waals surface area contributed by atoms with Gasteiger partial charge in [0, 0.05) is 11.6 Å². The lowest BCUT2D eigenvalue weighted by Crippen LogP contribution is -2.16. The van der Waals surface area contributed by atoms with Crippen LogP contribution in [0.15, 0.2) is 66.2 Å². The number of carboxylic acids is 1. The van der Waals surface area contributed by atoms with E-state index < -0.39 is 11.8 Å². The van der Waals surface area contributed by atoms with Gasteiger partial charge >= 0.3 is 5.97 Å². The summed E-state index contributed by atoms with van der Waals surface area (Å²) in [6.45, 7) is 0. The minimum atomic E-state index is -1.02. The molecule has 4 nitrogen and oxygen atoms in total. The summed E-state index contributed by atoms with van der Waals surface area (Å²) in [6.07, 6.45) is 5.63. The Balaban J connectivity index is 1.82. The minimum Gasteiger partial charge on any atom is -0.478 e. The van der Waals surface area contributed by atoms with E-state index >= 15 is 0 Å². The molecular formula is C29H20ClFN2O2S. The summed E-state index contributed by atoms with van der Waals surface area (Å²) in [5.74, 6) is -1.23. The first-order valence-electron chi connectivity index (χ1n) is 11.4. The fraction of sp³-hybridized carbons (Fsp3) is 0.138. The summed E-state index contributed by atoms with van der Waals surface area (Å²) in [7, 11) is 0. The first-order chi connectivity index (χ1) is 17.5. The second-order valence-electron chi connectivity index (χ2n) is 8.63. The van der Waals surface area contributed by atoms with Crippen LogP contribution in [0, 0.1) is 23.1 Å². The van der Waals surface area contributed by atoms with Crippen LogP contribution in [0.4, 0.5) is 4.39 Å². The number of fused-ring (bicyclic) bond motifs is 1. The number of hydrogen-bond acceptors (Lipinski definition) is 4. The number of thiazole rings is 1. The SMILES string of the molecule is N#Cc1c(/C(=C(/c2ccc(F)cc2Cl)C2CCC2)c2ccc(/C=C/C(=O)O)cc2)ccc2scnc12. The number of rotatable bonds is 6. The molecule has 1 aliphatic carbocycles. The highest BCUT2D eigenvalue weighted by molar-refractivity contribution is 7.16. The van der Waals surface area contributed by atoms with Crippen molar-refractivity contribution in [1.29, 1.82) is 5.26 Å². The van der Waals surface area contributed by atoms with E-state index in [1.165, 1.54) is 29.5 Å². The van der Waals surface area contributed by atoms with Crippen LogP contribution in [-0.2, 0) is 4.79 Å². The van der Waals surface area contributed by atoms with Gasteiger partial charge in [0.15, 0.2) is 0 Å². The monoisotopic (exact) mass is 514 g/mol. The van der Waals surface area contributed by atoms with Crippen LogP contribution < -0.4 is 0 Å². The zero-order chi connectivity index (χ0) is 25.2. The molecule has 0 bridgehead atoms. The average Bonchev–Trinajstić information content (AvgIpc) is 3.31. The Morgan fingerprint density at radius 1 is 1.14 bits per heavy atom. The Kier molecular flexibility index (Phi) is 6.69. The molecule has 1 aromatic heterocycles. The number of nitriles is 1. The number of aliphatic carboxylic acids is 1. The van der Waals surface area contributed by atoms with Crippen molar-refractivity contribution in [3.63, 3.8) is 0 Å². The predicted octanol–water partition coefficient (Wildman–Crippen LogP) is 7.82. The number of benzene rings is 3. The van der Waals surface area contributed by atoms with Crippen LogP contribution in [0.3, 0.4) is 0 Å². The standard InChI is InChI=1S/C29H20ClFN2O2S/c30-24-14-20(31)9-10-22(24)28(18-2-1-3-18)27(19-7-4-17(5-8-19)6-13-26(34)35)21-11-12-25-29(23(21)15-32)33-16-36-25/h4-14,16,18H,1-3H2,(H,34,35)/b13-6+,28-27+. The number of carboxylic acid groups (broad SMARTS) is 1. The summed E-state index contributed by atoms with van der Waals surface area (Å²) < 4.78 is 14.9. The number of halogens is 2. The van der Waals surface area contributed by atoms with Crippen LogP contribution in [0.5, 0.6) is 0 Å². The third-order valence-electron chi connectivity index (χ3n) is 6.51. The Hall–Kier alpha value is -3.79. The summed E-state index contributed by atoms with van der Waals surface area (Å²) in [6, 6.07) is 18.2. The van der Waals surface area contributed by atoms with E-state index in [0.29, 0.717) is 16.1 Å². The van der Waals surface area contributed by atoms with Crippen molar-refractivity contribution in [2.75, 3.05) is 0 Å². The highest BCUT2D eigenvalue weighted by Crippen LogP contribution is 2.47. The molecule has 0 unspecified atom stereocenters. The van der Waals surface area contributed by atoms with Crippen LogP contribution in [0.1, 0.15) is 47.1 Å². The van der Waals surface area contributed by atoms with Gasteiger partial charge in [-0.2, -0.15) is 5.26 Å². The summed E-state index contributed by atoms with van der Waals surface area (Å²) in [5.41, 5.74) is 7.77. The first kappa shape index (κ1) is 23.9. The third-order valence-corrected chi connectivity index (χ3v) is 7.61. The zero-order valence-electron chi connectivity index (χ0n) is 19.0. The Morgan fingerprint density at radius 2 is 1.89 bits per heavy atom. The Bertz CT molecular complexity index is 1580. The molecule has 0 atom stereocenters. The molecule has 7 heteroatoms. The van der Waals surface area contributed by atoms with E-state index in [1.807, 2.05) is 36.4 Å². The smallest absolute Gasteiger partial charge is 0.328 e. The van der Waals surface area contributed by atoms with E-state index in [4.69, 9.17) is 16.7 Å². The van der Waals surface area contributed by atoms with Crippen molar-refractivity contribution in [3.8, 4) is 6.07 Å². The summed E-state index contributed by atoms with van der Waals surface area (Å²) >= 11 is 8.08. The lowest BCUT2D eigenvalue weighted by atomic mass is 9.72. The number of nitrogens with zero attached hydrogens (tertiary/aromatic N) is 2. The van der Waals surface area contributed by atoms with Crippen LogP contribution in [0.25, 0.3) is 27.4 Å². The van der Waals surface area contributed by atoms with E-state index in [0.717, 1.165) is 63.4 Å². The van der Waals surface area contributed by atoms with E-state index in [-0.39, 0.29) is 5.92 Å². The van der Waals surface area contributed by atoms with Gasteiger partial charge in [0.25, 0.3) is 0 Å². The third kappa shape index (κ3) is 4.56. The van der Waals surface area contributed by atoms with E-state index in [9.17, 15) is 14.4 Å². The highest BCUT2D eigenvalue weighted by Gasteiger charge is 2.30. The van der Waals surface area contributed by atoms with Crippen LogP contribution >= 0.6 is 22.9 Å². The molecule has 4 aromatic rings. The van der Waals surface area contributed by atoms with Gasteiger partial charge in [0.1, 0.15) is 11.9 Å². The molecule has 36 heavy (non-hydrogen) atoms. The second-order valence-corrected chi connectivity index (χ2v) is 9.93. The van der Waals surface area contributed by atoms with Crippen molar-refractivity contribution in [2.45, 2.75) is 19.3 Å². The molecule has 1 heterocycles. The van der Waals surface area contributed by atoms with E-state index in [2.05, 4.69) is 11.1 Å². The van der Waals surface area contributed by atoms with Gasteiger partial charge in [-0.1, -0.05) is 54.4 Å². The highest BCUT2D eigenvalue weighted by atomic mass is 35.5. The Morgan fingerprint density at radius 3 is 2.53 bits per heavy atom. The molecule has 5 rings (SSSR count). The molecule has 1 fully saturated rings. The van der Waals surface area contributed by atoms with Gasteiger partial charge in [0.05, 0.1) is 26.3 Å². The largest absolute Gasteiger partial charge is 0.478 e. The molecule has 1 aliphatic rings. The average molecular weight is 515 g/mol. The molecular weight excluding hydrogens is 495 g/mol. The maximum atomic E-state index is 14.0. The lowest BCUT2D eigenvalue weighted by Gasteiger charge is -2.32. The fourth-order valence-corrected chi connectivity index (χ4v) is 5.55. The molecule has 178 valence electrons. The van der Waals surface area contributed by atoms with Gasteiger partial charge in [-0.3, -0.25) is 0 Å². The quantitative estimate of drug-likeness (QED) is 0.210. The van der Waals surface area contributed by atoms with Crippen molar-refractivity contribution in [3.05, 3.63) is 105 Å².